The van der Waals surface area contributed by atoms with Crippen LogP contribution in [-0.2, 0) is 22.6 Å². The average Bonchev–Trinajstić information content (AvgIpc) is 2.71. The van der Waals surface area contributed by atoms with E-state index in [-0.39, 0.29) is 18.4 Å². The Morgan fingerprint density at radius 2 is 1.62 bits per heavy atom. The molecule has 0 bridgehead atoms. The summed E-state index contributed by atoms with van der Waals surface area (Å²) >= 11 is 0. The Hall–Kier alpha value is -2.70. The Kier molecular flexibility index (Phi) is 7.38. The number of nitrogens with zero attached hydrogens (tertiary/aromatic N) is 1. The van der Waals surface area contributed by atoms with Crippen molar-refractivity contribution in [3.63, 3.8) is 0 Å². The van der Waals surface area contributed by atoms with Crippen LogP contribution in [0.25, 0.3) is 0 Å². The normalized spacial score (nSPS) is 14.4. The van der Waals surface area contributed by atoms with Gasteiger partial charge in [-0.3, -0.25) is 14.5 Å². The molecular weight excluding hydrogens is 366 g/mol. The first-order valence-corrected chi connectivity index (χ1v) is 10.0. The molecule has 0 aliphatic carbocycles. The molecule has 0 atom stereocenters. The number of hydrogen-bond acceptors (Lipinski definition) is 4. The zero-order chi connectivity index (χ0) is 20.6. The lowest BCUT2D eigenvalue weighted by Gasteiger charge is -2.27. The van der Waals surface area contributed by atoms with E-state index in [4.69, 9.17) is 4.74 Å². The fourth-order valence-electron chi connectivity index (χ4n) is 3.51. The number of nitrogens with one attached hydrogen (secondary N) is 2. The van der Waals surface area contributed by atoms with E-state index in [2.05, 4.69) is 21.6 Å². The maximum atomic E-state index is 12.3. The van der Waals surface area contributed by atoms with Crippen LogP contribution in [0.2, 0.25) is 0 Å². The van der Waals surface area contributed by atoms with Gasteiger partial charge in [-0.2, -0.15) is 0 Å². The average molecular weight is 396 g/mol. The van der Waals surface area contributed by atoms with Gasteiger partial charge in [0.15, 0.2) is 0 Å². The zero-order valence-corrected chi connectivity index (χ0v) is 17.2. The van der Waals surface area contributed by atoms with E-state index in [1.165, 1.54) is 5.56 Å². The molecule has 1 aliphatic rings. The highest BCUT2D eigenvalue weighted by atomic mass is 16.5. The van der Waals surface area contributed by atoms with Gasteiger partial charge in [0, 0.05) is 31.7 Å². The van der Waals surface area contributed by atoms with Gasteiger partial charge in [0.05, 0.1) is 19.8 Å². The maximum absolute atomic E-state index is 12.3. The molecule has 2 amide bonds. The first-order valence-electron chi connectivity index (χ1n) is 10.0. The van der Waals surface area contributed by atoms with Crippen LogP contribution in [0.5, 0.6) is 0 Å². The topological polar surface area (TPSA) is 70.7 Å². The van der Waals surface area contributed by atoms with Crippen LogP contribution >= 0.6 is 0 Å². The van der Waals surface area contributed by atoms with E-state index in [1.54, 1.807) is 0 Å². The SMILES string of the molecule is Cc1cc(C)cc(C(=O)NCC(=O)NCc2ccccc2CN2CCOCC2)c1. The second-order valence-electron chi connectivity index (χ2n) is 7.49. The predicted molar refractivity (Wildman–Crippen MR) is 113 cm³/mol. The number of benzene rings is 2. The van der Waals surface area contributed by atoms with Crippen LogP contribution in [0.3, 0.4) is 0 Å². The molecular formula is C23H29N3O3. The number of morpholine rings is 1. The van der Waals surface area contributed by atoms with Crippen molar-refractivity contribution in [3.05, 3.63) is 70.3 Å². The molecule has 1 saturated heterocycles. The van der Waals surface area contributed by atoms with Crippen LogP contribution in [0.15, 0.2) is 42.5 Å². The summed E-state index contributed by atoms with van der Waals surface area (Å²) in [5.74, 6) is -0.441. The highest BCUT2D eigenvalue weighted by Crippen LogP contribution is 2.13. The van der Waals surface area contributed by atoms with Crippen molar-refractivity contribution in [2.45, 2.75) is 26.9 Å². The van der Waals surface area contributed by atoms with Crippen molar-refractivity contribution < 1.29 is 14.3 Å². The quantitative estimate of drug-likeness (QED) is 0.754. The molecule has 0 aromatic heterocycles. The van der Waals surface area contributed by atoms with Crippen molar-refractivity contribution in [3.8, 4) is 0 Å². The number of carbonyl (C=O) groups excluding carboxylic acids is 2. The van der Waals surface area contributed by atoms with Gasteiger partial charge in [-0.25, -0.2) is 0 Å². The molecule has 6 nitrogen and oxygen atoms in total. The maximum Gasteiger partial charge on any atom is 0.251 e. The Labute approximate surface area is 172 Å². The lowest BCUT2D eigenvalue weighted by molar-refractivity contribution is -0.120. The Morgan fingerprint density at radius 3 is 2.31 bits per heavy atom. The monoisotopic (exact) mass is 395 g/mol. The van der Waals surface area contributed by atoms with Crippen molar-refractivity contribution in [2.75, 3.05) is 32.8 Å². The molecule has 1 fully saturated rings. The third kappa shape index (κ3) is 6.41. The Bertz CT molecular complexity index is 840. The summed E-state index contributed by atoms with van der Waals surface area (Å²) < 4.78 is 5.40. The summed E-state index contributed by atoms with van der Waals surface area (Å²) in [5, 5.41) is 5.61. The number of carbonyl (C=O) groups is 2. The van der Waals surface area contributed by atoms with Gasteiger partial charge >= 0.3 is 0 Å². The fraction of sp³-hybridized carbons (Fsp3) is 0.391. The number of rotatable bonds is 7. The third-order valence-electron chi connectivity index (χ3n) is 4.99. The van der Waals surface area contributed by atoms with Crippen molar-refractivity contribution in [1.82, 2.24) is 15.5 Å². The lowest BCUT2D eigenvalue weighted by Crippen LogP contribution is -2.37. The van der Waals surface area contributed by atoms with Crippen LogP contribution in [0.4, 0.5) is 0 Å². The second kappa shape index (κ2) is 10.2. The van der Waals surface area contributed by atoms with Gasteiger partial charge in [0.25, 0.3) is 5.91 Å². The molecule has 154 valence electrons. The zero-order valence-electron chi connectivity index (χ0n) is 17.2. The highest BCUT2D eigenvalue weighted by Gasteiger charge is 2.13. The molecule has 1 aliphatic heterocycles. The summed E-state index contributed by atoms with van der Waals surface area (Å²) in [4.78, 5) is 26.9. The fourth-order valence-corrected chi connectivity index (χ4v) is 3.51. The van der Waals surface area contributed by atoms with Crippen molar-refractivity contribution >= 4 is 11.8 Å². The van der Waals surface area contributed by atoms with Crippen LogP contribution in [0, 0.1) is 13.8 Å². The number of ether oxygens (including phenoxy) is 1. The second-order valence-corrected chi connectivity index (χ2v) is 7.49. The van der Waals surface area contributed by atoms with E-state index in [1.807, 2.05) is 50.2 Å². The molecule has 6 heteroatoms. The van der Waals surface area contributed by atoms with E-state index in [0.717, 1.165) is 49.5 Å². The first-order chi connectivity index (χ1) is 14.0. The molecule has 2 N–H and O–H groups in total. The van der Waals surface area contributed by atoms with Gasteiger partial charge in [0.2, 0.25) is 5.91 Å². The summed E-state index contributed by atoms with van der Waals surface area (Å²) in [6, 6.07) is 13.8. The van der Waals surface area contributed by atoms with Gasteiger partial charge in [-0.05, 0) is 37.1 Å². The Morgan fingerprint density at radius 1 is 0.966 bits per heavy atom. The molecule has 0 saturated carbocycles. The molecule has 0 unspecified atom stereocenters. The Balaban J connectivity index is 1.49. The molecule has 3 rings (SSSR count). The predicted octanol–water partition coefficient (Wildman–Crippen LogP) is 2.18. The van der Waals surface area contributed by atoms with Gasteiger partial charge in [-0.1, -0.05) is 41.5 Å². The van der Waals surface area contributed by atoms with Crippen molar-refractivity contribution in [2.24, 2.45) is 0 Å². The summed E-state index contributed by atoms with van der Waals surface area (Å²) in [6.45, 7) is 8.51. The van der Waals surface area contributed by atoms with E-state index >= 15 is 0 Å². The van der Waals surface area contributed by atoms with E-state index in [9.17, 15) is 9.59 Å². The largest absolute Gasteiger partial charge is 0.379 e. The summed E-state index contributed by atoms with van der Waals surface area (Å²) in [6.07, 6.45) is 0. The summed E-state index contributed by atoms with van der Waals surface area (Å²) in [5.41, 5.74) is 4.92. The minimum atomic E-state index is -0.236. The van der Waals surface area contributed by atoms with Crippen LogP contribution in [-0.4, -0.2) is 49.6 Å². The van der Waals surface area contributed by atoms with Gasteiger partial charge in [0.1, 0.15) is 0 Å². The standard InChI is InChI=1S/C23H29N3O3/c1-17-11-18(2)13-21(12-17)23(28)25-15-22(27)24-14-19-5-3-4-6-20(19)16-26-7-9-29-10-8-26/h3-6,11-13H,7-10,14-16H2,1-2H3,(H,24,27)(H,25,28). The van der Waals surface area contributed by atoms with Crippen molar-refractivity contribution in [1.29, 1.82) is 0 Å². The third-order valence-corrected chi connectivity index (χ3v) is 4.99. The molecule has 0 spiro atoms. The van der Waals surface area contributed by atoms with Gasteiger partial charge in [-0.15, -0.1) is 0 Å². The smallest absolute Gasteiger partial charge is 0.251 e. The first kappa shape index (κ1) is 21.0. The van der Waals surface area contributed by atoms with Gasteiger partial charge < -0.3 is 15.4 Å². The number of hydrogen-bond donors (Lipinski definition) is 2. The molecule has 2 aromatic rings. The molecule has 0 radical (unpaired) electrons. The molecule has 1 heterocycles. The minimum Gasteiger partial charge on any atom is -0.379 e. The lowest BCUT2D eigenvalue weighted by atomic mass is 10.1. The van der Waals surface area contributed by atoms with Crippen LogP contribution in [0.1, 0.15) is 32.6 Å². The molecule has 2 aromatic carbocycles. The van der Waals surface area contributed by atoms with E-state index < -0.39 is 0 Å². The minimum absolute atomic E-state index is 0.0442. The highest BCUT2D eigenvalue weighted by molar-refractivity contribution is 5.96. The number of aryl methyl sites for hydroxylation is 2. The van der Waals surface area contributed by atoms with E-state index in [0.29, 0.717) is 12.1 Å². The van der Waals surface area contributed by atoms with Crippen LogP contribution < -0.4 is 10.6 Å². The number of amides is 2. The molecule has 29 heavy (non-hydrogen) atoms. The summed E-state index contributed by atoms with van der Waals surface area (Å²) in [7, 11) is 0.